The van der Waals surface area contributed by atoms with Gasteiger partial charge in [-0.2, -0.15) is 0 Å². The van der Waals surface area contributed by atoms with Crippen LogP contribution in [-0.2, 0) is 5.61 Å². The first kappa shape index (κ1) is 7.44. The Bertz CT molecular complexity index is 19.1. The summed E-state index contributed by atoms with van der Waals surface area (Å²) < 4.78 is 0. The zero-order valence-corrected chi connectivity index (χ0v) is 9.31. The van der Waals surface area contributed by atoms with Gasteiger partial charge in [-0.3, -0.25) is 0 Å². The molecule has 0 rings (SSSR count). The summed E-state index contributed by atoms with van der Waals surface area (Å²) in [4.78, 5) is 0. The first-order chi connectivity index (χ1) is 2.00. The van der Waals surface area contributed by atoms with Crippen LogP contribution < -0.4 is 0 Å². The summed E-state index contributed by atoms with van der Waals surface area (Å²) in [6.07, 6.45) is 0. The fourth-order valence-corrected chi connectivity index (χ4v) is 0. The van der Waals surface area contributed by atoms with E-state index in [1.165, 1.54) is 0 Å². The number of hydrogen-bond donors (Lipinski definition) is 0. The molecule has 0 aliphatic heterocycles. The van der Waals surface area contributed by atoms with Crippen LogP contribution in [0.2, 0.25) is 0 Å². The molecule has 0 atom stereocenters. The summed E-state index contributed by atoms with van der Waals surface area (Å²) in [6, 6.07) is 0. The van der Waals surface area contributed by atoms with Crippen molar-refractivity contribution < 1.29 is 5.61 Å². The number of hydrogen-bond acceptors (Lipinski definition) is 0. The summed E-state index contributed by atoms with van der Waals surface area (Å²) >= 11 is 13.0. The van der Waals surface area contributed by atoms with Crippen molar-refractivity contribution in [1.29, 1.82) is 0 Å². The van der Waals surface area contributed by atoms with Crippen molar-refractivity contribution in [2.45, 2.75) is 0 Å². The molecular formula is Br4Fe-. The predicted octanol–water partition coefficient (Wildman–Crippen LogP) is 3.38. The Kier molecular flexibility index (Phi) is 3.98. The minimum atomic E-state index is -1.25. The van der Waals surface area contributed by atoms with Gasteiger partial charge in [0, 0.05) is 0 Å². The van der Waals surface area contributed by atoms with E-state index >= 15 is 0 Å². The Morgan fingerprint density at radius 2 is 0.800 bits per heavy atom. The van der Waals surface area contributed by atoms with E-state index < -0.39 is 5.61 Å². The molecule has 0 nitrogen and oxygen atoms in total. The second-order valence-electron chi connectivity index (χ2n) is 0.303. The first-order valence-electron chi connectivity index (χ1n) is 0.535. The summed E-state index contributed by atoms with van der Waals surface area (Å²) in [7, 11) is 0. The summed E-state index contributed by atoms with van der Waals surface area (Å²) in [5, 5.41) is 0. The van der Waals surface area contributed by atoms with Gasteiger partial charge in [0.2, 0.25) is 0 Å². The first-order valence-corrected chi connectivity index (χ1v) is 11.5. The van der Waals surface area contributed by atoms with Gasteiger partial charge in [-0.25, -0.2) is 0 Å². The number of rotatable bonds is 0. The van der Waals surface area contributed by atoms with Crippen molar-refractivity contribution in [1.82, 2.24) is 0 Å². The van der Waals surface area contributed by atoms with E-state index in [9.17, 15) is 0 Å². The molecule has 0 fully saturated rings. The van der Waals surface area contributed by atoms with Crippen LogP contribution in [0.5, 0.6) is 0 Å². The molecular weight excluding hydrogens is 375 g/mol. The molecule has 0 amide bonds. The maximum absolute atomic E-state index is 3.25. The third-order valence-corrected chi connectivity index (χ3v) is 0. The molecule has 0 aromatic carbocycles. The molecule has 0 aromatic rings. The molecule has 37 valence electrons. The molecule has 0 saturated carbocycles. The van der Waals surface area contributed by atoms with Crippen molar-refractivity contribution in [3.63, 3.8) is 0 Å². The average Bonchev–Trinajstić information content (AvgIpc) is 0.722. The normalized spacial score (nSPS) is 15.2. The van der Waals surface area contributed by atoms with Gasteiger partial charge < -0.3 is 0 Å². The van der Waals surface area contributed by atoms with Gasteiger partial charge in [-0.15, -0.1) is 0 Å². The maximum atomic E-state index is 3.25. The molecule has 0 aliphatic rings. The second-order valence-corrected chi connectivity index (χ2v) is 33.7. The fraction of sp³-hybridized carbons (Fsp3) is 0. The van der Waals surface area contributed by atoms with E-state index in [2.05, 4.69) is 56.4 Å². The van der Waals surface area contributed by atoms with Crippen LogP contribution in [0.4, 0.5) is 0 Å². The summed E-state index contributed by atoms with van der Waals surface area (Å²) in [6.45, 7) is 0. The Morgan fingerprint density at radius 3 is 0.800 bits per heavy atom. The second kappa shape index (κ2) is 2.68. The van der Waals surface area contributed by atoms with E-state index in [1.54, 1.807) is 0 Å². The summed E-state index contributed by atoms with van der Waals surface area (Å²) in [5.74, 6) is 0. The van der Waals surface area contributed by atoms with Crippen molar-refractivity contribution in [2.24, 2.45) is 0 Å². The number of halogens is 4. The van der Waals surface area contributed by atoms with E-state index in [0.29, 0.717) is 0 Å². The van der Waals surface area contributed by atoms with Crippen LogP contribution in [0, 0.1) is 0 Å². The zero-order valence-electron chi connectivity index (χ0n) is 1.87. The molecule has 0 spiro atoms. The predicted molar refractivity (Wildman–Crippen MR) is 35.7 cm³/mol. The standard InChI is InChI=1S/4BrH.Fe/h4*1H;/q;;;;+3/p-4. The van der Waals surface area contributed by atoms with Gasteiger partial charge in [0.05, 0.1) is 0 Å². The third-order valence-electron chi connectivity index (χ3n) is 0. The Morgan fingerprint density at radius 1 is 0.800 bits per heavy atom. The van der Waals surface area contributed by atoms with Gasteiger partial charge in [-0.1, -0.05) is 0 Å². The average molecular weight is 375 g/mol. The van der Waals surface area contributed by atoms with Gasteiger partial charge >= 0.3 is 62.1 Å². The van der Waals surface area contributed by atoms with Gasteiger partial charge in [0.15, 0.2) is 0 Å². The molecule has 0 saturated heterocycles. The van der Waals surface area contributed by atoms with E-state index in [4.69, 9.17) is 0 Å². The molecule has 5 heavy (non-hydrogen) atoms. The van der Waals surface area contributed by atoms with Crippen LogP contribution in [-0.4, -0.2) is 0 Å². The van der Waals surface area contributed by atoms with Crippen molar-refractivity contribution in [3.8, 4) is 0 Å². The molecule has 0 heterocycles. The third kappa shape index (κ3) is 21.3. The van der Waals surface area contributed by atoms with Gasteiger partial charge in [0.1, 0.15) is 0 Å². The quantitative estimate of drug-likeness (QED) is 0.570. The van der Waals surface area contributed by atoms with E-state index in [1.807, 2.05) is 0 Å². The van der Waals surface area contributed by atoms with Crippen LogP contribution in [0.3, 0.4) is 0 Å². The van der Waals surface area contributed by atoms with Gasteiger partial charge in [0.25, 0.3) is 0 Å². The van der Waals surface area contributed by atoms with E-state index in [-0.39, 0.29) is 0 Å². The molecule has 0 radical (unpaired) electrons. The molecule has 0 unspecified atom stereocenters. The fourth-order valence-electron chi connectivity index (χ4n) is 0. The Hall–Kier alpha value is 2.44. The van der Waals surface area contributed by atoms with Crippen molar-refractivity contribution >= 4 is 56.4 Å². The van der Waals surface area contributed by atoms with Crippen molar-refractivity contribution in [2.75, 3.05) is 0 Å². The molecule has 5 heteroatoms. The zero-order chi connectivity index (χ0) is 4.50. The van der Waals surface area contributed by atoms with Gasteiger partial charge in [-0.05, 0) is 0 Å². The summed E-state index contributed by atoms with van der Waals surface area (Å²) in [5.41, 5.74) is -1.25. The van der Waals surface area contributed by atoms with Crippen LogP contribution in [0.1, 0.15) is 0 Å². The monoisotopic (exact) mass is 372 g/mol. The van der Waals surface area contributed by atoms with E-state index in [0.717, 1.165) is 0 Å². The van der Waals surface area contributed by atoms with Crippen LogP contribution >= 0.6 is 56.4 Å². The Balaban J connectivity index is 3.02. The molecule has 0 aromatic heterocycles. The SMILES string of the molecule is [Br][Fe-]([Br])([Br])[Br]. The van der Waals surface area contributed by atoms with Crippen LogP contribution in [0.15, 0.2) is 0 Å². The Labute approximate surface area is 61.1 Å². The molecule has 0 bridgehead atoms. The van der Waals surface area contributed by atoms with Crippen LogP contribution in [0.25, 0.3) is 0 Å². The molecule has 0 N–H and O–H groups in total. The van der Waals surface area contributed by atoms with Crippen molar-refractivity contribution in [3.05, 3.63) is 0 Å². The topological polar surface area (TPSA) is 0 Å². The molecule has 0 aliphatic carbocycles. The minimum absolute atomic E-state index is 1.25.